The smallest absolute Gasteiger partial charge is 0.240 e. The van der Waals surface area contributed by atoms with Crippen LogP contribution in [0.2, 0.25) is 0 Å². The van der Waals surface area contributed by atoms with Crippen molar-refractivity contribution < 1.29 is 13.9 Å². The van der Waals surface area contributed by atoms with Crippen molar-refractivity contribution in [3.05, 3.63) is 24.2 Å². The summed E-state index contributed by atoms with van der Waals surface area (Å²) < 4.78 is 10.4. The second kappa shape index (κ2) is 4.89. The van der Waals surface area contributed by atoms with Gasteiger partial charge in [0.2, 0.25) is 5.91 Å². The first-order chi connectivity index (χ1) is 8.12. The van der Waals surface area contributed by atoms with Crippen LogP contribution in [0.1, 0.15) is 31.6 Å². The van der Waals surface area contributed by atoms with Gasteiger partial charge in [-0.05, 0) is 31.9 Å². The third kappa shape index (κ3) is 2.68. The van der Waals surface area contributed by atoms with Crippen molar-refractivity contribution in [2.45, 2.75) is 31.3 Å². The van der Waals surface area contributed by atoms with Crippen molar-refractivity contribution in [2.24, 2.45) is 5.73 Å². The molecule has 1 unspecified atom stereocenters. The van der Waals surface area contributed by atoms with E-state index in [9.17, 15) is 4.79 Å². The highest BCUT2D eigenvalue weighted by molar-refractivity contribution is 5.86. The number of carbonyl (C=O) groups excluding carboxylic acids is 1. The minimum absolute atomic E-state index is 0.135. The number of carbonyl (C=O) groups is 1. The summed E-state index contributed by atoms with van der Waals surface area (Å²) in [6, 6.07) is 3.46. The molecule has 2 rings (SSSR count). The first kappa shape index (κ1) is 12.1. The van der Waals surface area contributed by atoms with Gasteiger partial charge in [-0.25, -0.2) is 0 Å². The minimum Gasteiger partial charge on any atom is -0.467 e. The van der Waals surface area contributed by atoms with E-state index in [0.717, 1.165) is 5.76 Å². The van der Waals surface area contributed by atoms with E-state index < -0.39 is 5.54 Å². The summed E-state index contributed by atoms with van der Waals surface area (Å²) in [6.07, 6.45) is 2.71. The number of ether oxygens (including phenoxy) is 1. The normalized spacial score (nSPS) is 20.8. The number of furan rings is 1. The quantitative estimate of drug-likeness (QED) is 0.822. The molecule has 0 saturated carbocycles. The Morgan fingerprint density at radius 1 is 1.53 bits per heavy atom. The van der Waals surface area contributed by atoms with Crippen molar-refractivity contribution in [3.8, 4) is 0 Å². The molecule has 1 aromatic rings. The number of nitrogens with one attached hydrogen (secondary N) is 1. The zero-order valence-corrected chi connectivity index (χ0v) is 9.94. The number of hydrogen-bond donors (Lipinski definition) is 2. The van der Waals surface area contributed by atoms with Gasteiger partial charge in [0.1, 0.15) is 5.76 Å². The Labute approximate surface area is 100 Å². The molecule has 3 N–H and O–H groups in total. The van der Waals surface area contributed by atoms with Crippen LogP contribution in [0.5, 0.6) is 0 Å². The molecule has 2 heterocycles. The lowest BCUT2D eigenvalue weighted by Crippen LogP contribution is -2.57. The van der Waals surface area contributed by atoms with Crippen LogP contribution in [0.15, 0.2) is 22.8 Å². The maximum atomic E-state index is 12.1. The van der Waals surface area contributed by atoms with Crippen LogP contribution in [0.25, 0.3) is 0 Å². The second-order valence-electron chi connectivity index (χ2n) is 4.48. The van der Waals surface area contributed by atoms with Crippen LogP contribution in [-0.2, 0) is 9.53 Å². The topological polar surface area (TPSA) is 77.5 Å². The molecular formula is C12H18N2O3. The van der Waals surface area contributed by atoms with Crippen LogP contribution in [0.4, 0.5) is 0 Å². The third-order valence-electron chi connectivity index (χ3n) is 3.15. The summed E-state index contributed by atoms with van der Waals surface area (Å²) >= 11 is 0. The Morgan fingerprint density at radius 3 is 2.82 bits per heavy atom. The molecule has 1 aliphatic rings. The highest BCUT2D eigenvalue weighted by atomic mass is 16.5. The van der Waals surface area contributed by atoms with Crippen molar-refractivity contribution in [3.63, 3.8) is 0 Å². The molecular weight excluding hydrogens is 220 g/mol. The lowest BCUT2D eigenvalue weighted by Gasteiger charge is -2.32. The van der Waals surface area contributed by atoms with Crippen molar-refractivity contribution in [1.82, 2.24) is 5.32 Å². The lowest BCUT2D eigenvalue weighted by molar-refractivity contribution is -0.130. The summed E-state index contributed by atoms with van der Waals surface area (Å²) in [7, 11) is 0. The molecule has 5 heteroatoms. The zero-order valence-electron chi connectivity index (χ0n) is 9.94. The number of hydrogen-bond acceptors (Lipinski definition) is 4. The monoisotopic (exact) mass is 238 g/mol. The Bertz CT molecular complexity index is 369. The number of rotatable bonds is 3. The van der Waals surface area contributed by atoms with Gasteiger partial charge in [-0.1, -0.05) is 0 Å². The van der Waals surface area contributed by atoms with Gasteiger partial charge in [-0.15, -0.1) is 0 Å². The summed E-state index contributed by atoms with van der Waals surface area (Å²) in [5.41, 5.74) is 5.28. The molecule has 1 amide bonds. The number of amides is 1. The Kier molecular flexibility index (Phi) is 3.49. The maximum absolute atomic E-state index is 12.1. The van der Waals surface area contributed by atoms with Gasteiger partial charge in [0.15, 0.2) is 0 Å². The van der Waals surface area contributed by atoms with Crippen molar-refractivity contribution in [2.75, 3.05) is 13.2 Å². The van der Waals surface area contributed by atoms with Gasteiger partial charge in [0.05, 0.1) is 17.8 Å². The van der Waals surface area contributed by atoms with Gasteiger partial charge in [-0.3, -0.25) is 4.79 Å². The second-order valence-corrected chi connectivity index (χ2v) is 4.48. The fraction of sp³-hybridized carbons (Fsp3) is 0.583. The first-order valence-corrected chi connectivity index (χ1v) is 5.83. The molecule has 17 heavy (non-hydrogen) atoms. The first-order valence-electron chi connectivity index (χ1n) is 5.83. The molecule has 0 spiro atoms. The van der Waals surface area contributed by atoms with E-state index in [2.05, 4.69) is 5.32 Å². The maximum Gasteiger partial charge on any atom is 0.240 e. The minimum atomic E-state index is -0.806. The fourth-order valence-electron chi connectivity index (χ4n) is 1.91. The largest absolute Gasteiger partial charge is 0.467 e. The van der Waals surface area contributed by atoms with Gasteiger partial charge in [0, 0.05) is 13.2 Å². The van der Waals surface area contributed by atoms with Gasteiger partial charge >= 0.3 is 0 Å². The van der Waals surface area contributed by atoms with Gasteiger partial charge in [-0.2, -0.15) is 0 Å². The molecule has 94 valence electrons. The lowest BCUT2D eigenvalue weighted by atomic mass is 9.90. The molecule has 1 aromatic heterocycles. The molecule has 0 aliphatic carbocycles. The zero-order chi connectivity index (χ0) is 12.3. The molecule has 0 aromatic carbocycles. The Hall–Kier alpha value is -1.33. The summed E-state index contributed by atoms with van der Waals surface area (Å²) in [6.45, 7) is 2.96. The summed E-state index contributed by atoms with van der Waals surface area (Å²) in [4.78, 5) is 12.1. The van der Waals surface area contributed by atoms with Crippen LogP contribution in [0.3, 0.4) is 0 Å². The fourth-order valence-corrected chi connectivity index (χ4v) is 1.91. The predicted molar refractivity (Wildman–Crippen MR) is 62.2 cm³/mol. The molecule has 1 aliphatic heterocycles. The highest BCUT2D eigenvalue weighted by Crippen LogP contribution is 2.20. The molecule has 0 radical (unpaired) electrons. The highest BCUT2D eigenvalue weighted by Gasteiger charge is 2.36. The Balaban J connectivity index is 1.96. The van der Waals surface area contributed by atoms with Gasteiger partial charge in [0.25, 0.3) is 0 Å². The van der Waals surface area contributed by atoms with E-state index in [1.807, 2.05) is 13.0 Å². The van der Waals surface area contributed by atoms with Crippen LogP contribution >= 0.6 is 0 Å². The standard InChI is InChI=1S/C12H18N2O3/c1-9(10-3-2-6-17-10)14-11(15)12(13)4-7-16-8-5-12/h2-3,6,9H,4-5,7-8,13H2,1H3,(H,14,15). The number of nitrogens with two attached hydrogens (primary N) is 1. The van der Waals surface area contributed by atoms with E-state index in [1.165, 1.54) is 0 Å². The van der Waals surface area contributed by atoms with Crippen LogP contribution < -0.4 is 11.1 Å². The van der Waals surface area contributed by atoms with Crippen LogP contribution in [-0.4, -0.2) is 24.7 Å². The van der Waals surface area contributed by atoms with E-state index in [-0.39, 0.29) is 11.9 Å². The molecule has 1 atom stereocenters. The average molecular weight is 238 g/mol. The van der Waals surface area contributed by atoms with Crippen molar-refractivity contribution in [1.29, 1.82) is 0 Å². The summed E-state index contributed by atoms with van der Waals surface area (Å²) in [5.74, 6) is 0.596. The van der Waals surface area contributed by atoms with E-state index >= 15 is 0 Å². The molecule has 1 saturated heterocycles. The third-order valence-corrected chi connectivity index (χ3v) is 3.15. The van der Waals surface area contributed by atoms with Crippen LogP contribution in [0, 0.1) is 0 Å². The molecule has 0 bridgehead atoms. The SMILES string of the molecule is CC(NC(=O)C1(N)CCOCC1)c1ccco1. The Morgan fingerprint density at radius 2 is 2.24 bits per heavy atom. The van der Waals surface area contributed by atoms with E-state index in [4.69, 9.17) is 14.9 Å². The van der Waals surface area contributed by atoms with Crippen molar-refractivity contribution >= 4 is 5.91 Å². The van der Waals surface area contributed by atoms with E-state index in [1.54, 1.807) is 12.3 Å². The average Bonchev–Trinajstić information content (AvgIpc) is 2.83. The van der Waals surface area contributed by atoms with Gasteiger partial charge < -0.3 is 20.2 Å². The van der Waals surface area contributed by atoms with E-state index in [0.29, 0.717) is 26.1 Å². The summed E-state index contributed by atoms with van der Waals surface area (Å²) in [5, 5.41) is 2.88. The predicted octanol–water partition coefficient (Wildman–Crippen LogP) is 0.965. The molecule has 5 nitrogen and oxygen atoms in total. The molecule has 1 fully saturated rings.